The summed E-state index contributed by atoms with van der Waals surface area (Å²) in [7, 11) is 0. The van der Waals surface area contributed by atoms with E-state index in [1.54, 1.807) is 0 Å². The number of para-hydroxylation sites is 3. The Morgan fingerprint density at radius 3 is 1.25 bits per heavy atom. The van der Waals surface area contributed by atoms with Crippen LogP contribution in [-0.2, 0) is 0 Å². The zero-order valence-electron chi connectivity index (χ0n) is 41.4. The van der Waals surface area contributed by atoms with Gasteiger partial charge in [0.05, 0.1) is 44.7 Å². The van der Waals surface area contributed by atoms with Gasteiger partial charge >= 0.3 is 0 Å². The molecule has 5 nitrogen and oxygen atoms in total. The number of nitrogens with zero attached hydrogens (tertiary/aromatic N) is 5. The van der Waals surface area contributed by atoms with E-state index >= 15 is 0 Å². The van der Waals surface area contributed by atoms with Crippen LogP contribution in [0.15, 0.2) is 285 Å². The van der Waals surface area contributed by atoms with Gasteiger partial charge in [0.15, 0.2) is 0 Å². The first-order valence-corrected chi connectivity index (χ1v) is 25.7. The molecule has 11 aromatic carbocycles. The molecule has 0 aliphatic rings. The highest BCUT2D eigenvalue weighted by atomic mass is 15.1. The maximum atomic E-state index is 5.21. The van der Waals surface area contributed by atoms with E-state index in [4.69, 9.17) is 15.0 Å². The second kappa shape index (κ2) is 19.0. The van der Waals surface area contributed by atoms with Crippen molar-refractivity contribution >= 4 is 60.8 Å². The van der Waals surface area contributed by atoms with Crippen molar-refractivity contribution in [1.29, 1.82) is 0 Å². The molecule has 0 N–H and O–H groups in total. The largest absolute Gasteiger partial charge is 0.309 e. The molecule has 0 saturated carbocycles. The second-order valence-electron chi connectivity index (χ2n) is 19.2. The van der Waals surface area contributed by atoms with Crippen LogP contribution in [0.4, 0.5) is 17.1 Å². The number of rotatable bonds is 10. The van der Waals surface area contributed by atoms with E-state index in [0.29, 0.717) is 0 Å². The first kappa shape index (κ1) is 44.5. The molecule has 0 amide bonds. The quantitative estimate of drug-likeness (QED) is 0.137. The van der Waals surface area contributed by atoms with Gasteiger partial charge in [-0.25, -0.2) is 9.97 Å². The van der Waals surface area contributed by atoms with Crippen LogP contribution < -0.4 is 4.90 Å². The number of anilines is 3. The lowest BCUT2D eigenvalue weighted by Crippen LogP contribution is -2.11. The van der Waals surface area contributed by atoms with Crippen LogP contribution in [0.3, 0.4) is 0 Å². The Balaban J connectivity index is 0.896. The van der Waals surface area contributed by atoms with Gasteiger partial charge in [0, 0.05) is 50.5 Å². The van der Waals surface area contributed by atoms with E-state index in [1.807, 2.05) is 54.7 Å². The molecule has 0 atom stereocenters. The van der Waals surface area contributed by atoms with E-state index in [9.17, 15) is 0 Å². The molecule has 76 heavy (non-hydrogen) atoms. The van der Waals surface area contributed by atoms with E-state index < -0.39 is 0 Å². The average molecular weight is 970 g/mol. The van der Waals surface area contributed by atoms with Gasteiger partial charge in [0.2, 0.25) is 0 Å². The molecule has 0 radical (unpaired) electrons. The molecule has 0 unspecified atom stereocenters. The molecule has 0 aliphatic carbocycles. The summed E-state index contributed by atoms with van der Waals surface area (Å²) < 4.78 is 2.41. The third kappa shape index (κ3) is 8.13. The lowest BCUT2D eigenvalue weighted by atomic mass is 9.96. The predicted molar refractivity (Wildman–Crippen MR) is 316 cm³/mol. The Bertz CT molecular complexity index is 4290. The third-order valence-electron chi connectivity index (χ3n) is 14.6. The molecule has 0 fully saturated rings. The van der Waals surface area contributed by atoms with Crippen molar-refractivity contribution in [3.63, 3.8) is 0 Å². The van der Waals surface area contributed by atoms with Crippen LogP contribution in [0.25, 0.3) is 116 Å². The summed E-state index contributed by atoms with van der Waals surface area (Å²) in [6.07, 6.45) is 1.87. The van der Waals surface area contributed by atoms with E-state index in [1.165, 1.54) is 55.3 Å². The summed E-state index contributed by atoms with van der Waals surface area (Å²) in [6.45, 7) is 0. The number of fused-ring (bicyclic) bond motifs is 5. The number of aromatic nitrogens is 4. The van der Waals surface area contributed by atoms with Gasteiger partial charge in [0.1, 0.15) is 0 Å². The average Bonchev–Trinajstić information content (AvgIpc) is 3.83. The zero-order chi connectivity index (χ0) is 50.4. The normalized spacial score (nSPS) is 11.4. The Labute approximate surface area is 441 Å². The molecule has 14 rings (SSSR count). The van der Waals surface area contributed by atoms with Crippen LogP contribution in [0.1, 0.15) is 0 Å². The first-order chi connectivity index (χ1) is 37.7. The van der Waals surface area contributed by atoms with Crippen molar-refractivity contribution in [3.8, 4) is 72.7 Å². The van der Waals surface area contributed by atoms with Crippen molar-refractivity contribution in [2.75, 3.05) is 4.90 Å². The highest BCUT2D eigenvalue weighted by Gasteiger charge is 2.21. The number of hydrogen-bond donors (Lipinski definition) is 0. The maximum Gasteiger partial charge on any atom is 0.0973 e. The highest BCUT2D eigenvalue weighted by molar-refractivity contribution is 6.12. The van der Waals surface area contributed by atoms with E-state index in [-0.39, 0.29) is 0 Å². The Hall–Kier alpha value is -10.2. The van der Waals surface area contributed by atoms with Gasteiger partial charge in [-0.1, -0.05) is 182 Å². The van der Waals surface area contributed by atoms with Gasteiger partial charge in [-0.05, 0) is 142 Å². The minimum Gasteiger partial charge on any atom is -0.309 e. The summed E-state index contributed by atoms with van der Waals surface area (Å²) in [5.74, 6) is 0. The van der Waals surface area contributed by atoms with E-state index in [2.05, 4.69) is 240 Å². The zero-order valence-corrected chi connectivity index (χ0v) is 41.4. The van der Waals surface area contributed by atoms with Crippen molar-refractivity contribution in [1.82, 2.24) is 19.5 Å². The summed E-state index contributed by atoms with van der Waals surface area (Å²) in [5.41, 5.74) is 22.2. The minimum atomic E-state index is 0.839. The second-order valence-corrected chi connectivity index (χ2v) is 19.2. The summed E-state index contributed by atoms with van der Waals surface area (Å²) in [6, 6.07) is 99.5. The minimum absolute atomic E-state index is 0.839. The fourth-order valence-electron chi connectivity index (χ4n) is 10.9. The number of benzene rings is 11. The Morgan fingerprint density at radius 2 is 0.711 bits per heavy atom. The molecular formula is C71H47N5. The lowest BCUT2D eigenvalue weighted by molar-refractivity contribution is 1.17. The smallest absolute Gasteiger partial charge is 0.0973 e. The van der Waals surface area contributed by atoms with Gasteiger partial charge in [-0.15, -0.1) is 0 Å². The summed E-state index contributed by atoms with van der Waals surface area (Å²) in [5, 5.41) is 3.45. The highest BCUT2D eigenvalue weighted by Crippen LogP contribution is 2.43. The molecule has 356 valence electrons. The molecule has 5 heteroatoms. The van der Waals surface area contributed by atoms with Gasteiger partial charge in [-0.2, -0.15) is 0 Å². The van der Waals surface area contributed by atoms with Gasteiger partial charge in [0.25, 0.3) is 0 Å². The molecule has 0 spiro atoms. The molecule has 3 aromatic heterocycles. The SMILES string of the molecule is c1ccc(-c2cccc(-c3ccc4c(c3)c3cc(-c5cccc(-c6ccccc6)c5)ccc3n4-c3ccc(N(c4ccc(-c5nc6ccccc6nc5-c5ccccc5)cc4)c4cccc5cccnc45)cc3)c2)cc1. The van der Waals surface area contributed by atoms with E-state index in [0.717, 1.165) is 78.2 Å². The fourth-order valence-corrected chi connectivity index (χ4v) is 10.9. The Kier molecular flexibility index (Phi) is 11.1. The van der Waals surface area contributed by atoms with Crippen LogP contribution in [0.5, 0.6) is 0 Å². The molecular weight excluding hydrogens is 923 g/mol. The van der Waals surface area contributed by atoms with Gasteiger partial charge < -0.3 is 9.47 Å². The molecule has 3 heterocycles. The molecule has 14 aromatic rings. The van der Waals surface area contributed by atoms with Crippen molar-refractivity contribution in [3.05, 3.63) is 285 Å². The predicted octanol–water partition coefficient (Wildman–Crippen LogP) is 18.7. The topological polar surface area (TPSA) is 46.8 Å². The summed E-state index contributed by atoms with van der Waals surface area (Å²) in [4.78, 5) is 17.6. The van der Waals surface area contributed by atoms with Crippen LogP contribution >= 0.6 is 0 Å². The fraction of sp³-hybridized carbons (Fsp3) is 0. The first-order valence-electron chi connectivity index (χ1n) is 25.7. The maximum absolute atomic E-state index is 5.21. The third-order valence-corrected chi connectivity index (χ3v) is 14.6. The van der Waals surface area contributed by atoms with Crippen molar-refractivity contribution < 1.29 is 0 Å². The molecule has 0 aliphatic heterocycles. The van der Waals surface area contributed by atoms with Crippen LogP contribution in [0, 0.1) is 0 Å². The van der Waals surface area contributed by atoms with Crippen LogP contribution in [0.2, 0.25) is 0 Å². The Morgan fingerprint density at radius 1 is 0.303 bits per heavy atom. The number of pyridine rings is 1. The lowest BCUT2D eigenvalue weighted by Gasteiger charge is -2.27. The van der Waals surface area contributed by atoms with Crippen molar-refractivity contribution in [2.45, 2.75) is 0 Å². The van der Waals surface area contributed by atoms with Crippen LogP contribution in [-0.4, -0.2) is 19.5 Å². The standard InChI is InChI=1S/C71H47N5/c1-4-16-48(17-5-1)53-23-12-25-55(44-53)57-33-41-66-62(46-57)63-47-58(56-26-13-24-54(45-56)49-18-6-2-7-19-49)34-42-67(63)76(66)61-39-37-60(38-40-61)75(68-30-14-22-50-27-15-43-72-69(50)68)59-35-31-52(32-36-59)71-70(51-20-8-3-9-21-51)73-64-28-10-11-29-65(64)74-71/h1-47H. The van der Waals surface area contributed by atoms with Crippen molar-refractivity contribution in [2.24, 2.45) is 0 Å². The molecule has 0 bridgehead atoms. The number of hydrogen-bond acceptors (Lipinski definition) is 4. The van der Waals surface area contributed by atoms with Gasteiger partial charge in [-0.3, -0.25) is 4.98 Å². The summed E-state index contributed by atoms with van der Waals surface area (Å²) >= 11 is 0. The molecule has 0 saturated heterocycles. The monoisotopic (exact) mass is 969 g/mol.